The van der Waals surface area contributed by atoms with Gasteiger partial charge in [0.2, 0.25) is 0 Å². The first-order chi connectivity index (χ1) is 9.54. The van der Waals surface area contributed by atoms with Gasteiger partial charge in [0.15, 0.2) is 0 Å². The second-order valence-corrected chi connectivity index (χ2v) is 4.85. The van der Waals surface area contributed by atoms with Gasteiger partial charge in [0.05, 0.1) is 24.1 Å². The van der Waals surface area contributed by atoms with Crippen molar-refractivity contribution in [1.29, 1.82) is 0 Å². The van der Waals surface area contributed by atoms with Crippen molar-refractivity contribution in [2.75, 3.05) is 5.32 Å². The van der Waals surface area contributed by atoms with Crippen LogP contribution in [0.4, 0.5) is 10.5 Å². The third-order valence-electron chi connectivity index (χ3n) is 2.85. The zero-order valence-corrected chi connectivity index (χ0v) is 11.9. The van der Waals surface area contributed by atoms with Crippen LogP contribution in [0.1, 0.15) is 18.3 Å². The van der Waals surface area contributed by atoms with Crippen molar-refractivity contribution in [1.82, 2.24) is 20.1 Å². The molecule has 0 fully saturated rings. The predicted molar refractivity (Wildman–Crippen MR) is 77.6 cm³/mol. The van der Waals surface area contributed by atoms with Gasteiger partial charge < -0.3 is 10.6 Å². The molecule has 6 nitrogen and oxygen atoms in total. The minimum absolute atomic E-state index is 0.0235. The van der Waals surface area contributed by atoms with E-state index in [1.165, 1.54) is 0 Å². The lowest BCUT2D eigenvalue weighted by atomic mass is 10.3. The normalized spacial score (nSPS) is 11.9. The first kappa shape index (κ1) is 14.0. The van der Waals surface area contributed by atoms with Crippen molar-refractivity contribution in [3.05, 3.63) is 42.0 Å². The summed E-state index contributed by atoms with van der Waals surface area (Å²) in [5, 5.41) is 9.99. The van der Waals surface area contributed by atoms with Crippen molar-refractivity contribution >= 4 is 11.7 Å². The van der Waals surface area contributed by atoms with Crippen LogP contribution in [-0.4, -0.2) is 26.8 Å². The molecule has 0 radical (unpaired) electrons. The summed E-state index contributed by atoms with van der Waals surface area (Å²) < 4.78 is 1.89. The fourth-order valence-electron chi connectivity index (χ4n) is 1.99. The highest BCUT2D eigenvalue weighted by atomic mass is 16.2. The molecule has 2 amide bonds. The van der Waals surface area contributed by atoms with Gasteiger partial charge >= 0.3 is 6.03 Å². The first-order valence-corrected chi connectivity index (χ1v) is 6.53. The van der Waals surface area contributed by atoms with E-state index in [1.807, 2.05) is 31.5 Å². The van der Waals surface area contributed by atoms with E-state index in [9.17, 15) is 4.79 Å². The fourth-order valence-corrected chi connectivity index (χ4v) is 1.99. The van der Waals surface area contributed by atoms with E-state index in [4.69, 9.17) is 0 Å². The highest BCUT2D eigenvalue weighted by Crippen LogP contribution is 2.04. The topological polar surface area (TPSA) is 71.8 Å². The second kappa shape index (κ2) is 6.18. The SMILES string of the molecule is Cc1cc(C)n(CC(C)NC(=O)Nc2cccnc2)n1. The smallest absolute Gasteiger partial charge is 0.319 e. The number of urea groups is 1. The van der Waals surface area contributed by atoms with E-state index in [1.54, 1.807) is 24.5 Å². The Labute approximate surface area is 118 Å². The summed E-state index contributed by atoms with van der Waals surface area (Å²) in [6.45, 7) is 6.54. The zero-order valence-electron chi connectivity index (χ0n) is 11.9. The van der Waals surface area contributed by atoms with Gasteiger partial charge in [0, 0.05) is 17.9 Å². The molecule has 0 spiro atoms. The average molecular weight is 273 g/mol. The van der Waals surface area contributed by atoms with Crippen molar-refractivity contribution in [3.63, 3.8) is 0 Å². The van der Waals surface area contributed by atoms with Crippen LogP contribution >= 0.6 is 0 Å². The maximum Gasteiger partial charge on any atom is 0.319 e. The molecule has 2 aromatic rings. The molecule has 0 aromatic carbocycles. The molecule has 6 heteroatoms. The lowest BCUT2D eigenvalue weighted by Crippen LogP contribution is -2.39. The number of amides is 2. The minimum Gasteiger partial charge on any atom is -0.334 e. The van der Waals surface area contributed by atoms with Crippen LogP contribution in [0.3, 0.4) is 0 Å². The Bertz CT molecular complexity index is 579. The second-order valence-electron chi connectivity index (χ2n) is 4.85. The number of hydrogen-bond donors (Lipinski definition) is 2. The van der Waals surface area contributed by atoms with E-state index in [0.717, 1.165) is 11.4 Å². The number of hydrogen-bond acceptors (Lipinski definition) is 3. The molecule has 1 unspecified atom stereocenters. The summed E-state index contributed by atoms with van der Waals surface area (Å²) in [5.74, 6) is 0. The monoisotopic (exact) mass is 273 g/mol. The van der Waals surface area contributed by atoms with Crippen molar-refractivity contribution in [3.8, 4) is 0 Å². The van der Waals surface area contributed by atoms with E-state index in [2.05, 4.69) is 20.7 Å². The van der Waals surface area contributed by atoms with Gasteiger partial charge in [-0.25, -0.2) is 4.79 Å². The molecule has 0 aliphatic rings. The van der Waals surface area contributed by atoms with Crippen LogP contribution in [0, 0.1) is 13.8 Å². The molecule has 0 aliphatic heterocycles. The molecule has 2 aromatic heterocycles. The summed E-state index contributed by atoms with van der Waals surface area (Å²) in [5.41, 5.74) is 2.74. The maximum atomic E-state index is 11.8. The fraction of sp³-hybridized carbons (Fsp3) is 0.357. The predicted octanol–water partition coefficient (Wildman–Crippen LogP) is 2.11. The Morgan fingerprint density at radius 3 is 2.85 bits per heavy atom. The van der Waals surface area contributed by atoms with Gasteiger partial charge in [-0.05, 0) is 39.0 Å². The molecule has 106 valence electrons. The summed E-state index contributed by atoms with van der Waals surface area (Å²) in [6.07, 6.45) is 3.26. The van der Waals surface area contributed by atoms with E-state index in [0.29, 0.717) is 12.2 Å². The Balaban J connectivity index is 1.86. The lowest BCUT2D eigenvalue weighted by molar-refractivity contribution is 0.247. The molecular formula is C14H19N5O. The van der Waals surface area contributed by atoms with Crippen LogP contribution in [0.2, 0.25) is 0 Å². The molecule has 0 saturated carbocycles. The number of aromatic nitrogens is 3. The maximum absolute atomic E-state index is 11.8. The van der Waals surface area contributed by atoms with Crippen molar-refractivity contribution in [2.24, 2.45) is 0 Å². The van der Waals surface area contributed by atoms with E-state index >= 15 is 0 Å². The van der Waals surface area contributed by atoms with Crippen LogP contribution in [0.25, 0.3) is 0 Å². The third kappa shape index (κ3) is 3.81. The summed E-state index contributed by atoms with van der Waals surface area (Å²) >= 11 is 0. The van der Waals surface area contributed by atoms with Gasteiger partial charge in [-0.2, -0.15) is 5.10 Å². The largest absolute Gasteiger partial charge is 0.334 e. The lowest BCUT2D eigenvalue weighted by Gasteiger charge is -2.15. The van der Waals surface area contributed by atoms with Gasteiger partial charge in [0.25, 0.3) is 0 Å². The summed E-state index contributed by atoms with van der Waals surface area (Å²) in [7, 11) is 0. The number of carbonyl (C=O) groups is 1. The Hall–Kier alpha value is -2.37. The molecule has 0 aliphatic carbocycles. The van der Waals surface area contributed by atoms with Crippen molar-refractivity contribution in [2.45, 2.75) is 33.4 Å². The van der Waals surface area contributed by atoms with Crippen molar-refractivity contribution < 1.29 is 4.79 Å². The summed E-state index contributed by atoms with van der Waals surface area (Å²) in [4.78, 5) is 15.8. The zero-order chi connectivity index (χ0) is 14.5. The number of aryl methyl sites for hydroxylation is 2. The molecule has 2 N–H and O–H groups in total. The molecule has 0 bridgehead atoms. The van der Waals surface area contributed by atoms with E-state index < -0.39 is 0 Å². The number of carbonyl (C=O) groups excluding carboxylic acids is 1. The number of rotatable bonds is 4. The third-order valence-corrected chi connectivity index (χ3v) is 2.85. The molecule has 2 rings (SSSR count). The van der Waals surface area contributed by atoms with Crippen LogP contribution in [-0.2, 0) is 6.54 Å². The van der Waals surface area contributed by atoms with Gasteiger partial charge in [-0.3, -0.25) is 9.67 Å². The molecular weight excluding hydrogens is 254 g/mol. The number of nitrogens with one attached hydrogen (secondary N) is 2. The number of anilines is 1. The molecule has 2 heterocycles. The standard InChI is InChI=1S/C14H19N5O/c1-10-7-12(3)19(18-10)9-11(2)16-14(20)17-13-5-4-6-15-8-13/h4-8,11H,9H2,1-3H3,(H2,16,17,20). The Kier molecular flexibility index (Phi) is 4.34. The Morgan fingerprint density at radius 2 is 2.25 bits per heavy atom. The van der Waals surface area contributed by atoms with Crippen LogP contribution in [0.5, 0.6) is 0 Å². The quantitative estimate of drug-likeness (QED) is 0.896. The average Bonchev–Trinajstić information content (AvgIpc) is 2.68. The first-order valence-electron chi connectivity index (χ1n) is 6.53. The minimum atomic E-state index is -0.243. The van der Waals surface area contributed by atoms with Gasteiger partial charge in [0.1, 0.15) is 0 Å². The molecule has 20 heavy (non-hydrogen) atoms. The molecule has 0 saturated heterocycles. The van der Waals surface area contributed by atoms with Crippen LogP contribution < -0.4 is 10.6 Å². The Morgan fingerprint density at radius 1 is 1.45 bits per heavy atom. The number of nitrogens with zero attached hydrogens (tertiary/aromatic N) is 3. The highest BCUT2D eigenvalue weighted by molar-refractivity contribution is 5.89. The van der Waals surface area contributed by atoms with E-state index in [-0.39, 0.29) is 12.1 Å². The highest BCUT2D eigenvalue weighted by Gasteiger charge is 2.10. The van der Waals surface area contributed by atoms with Gasteiger partial charge in [-0.15, -0.1) is 0 Å². The summed E-state index contributed by atoms with van der Waals surface area (Å²) in [6, 6.07) is 5.31. The van der Waals surface area contributed by atoms with Crippen LogP contribution in [0.15, 0.2) is 30.6 Å². The molecule has 1 atom stereocenters. The van der Waals surface area contributed by atoms with Gasteiger partial charge in [-0.1, -0.05) is 0 Å². The number of pyridine rings is 1.